The first-order chi connectivity index (χ1) is 7.60. The average molecular weight is 244 g/mol. The second-order valence-electron chi connectivity index (χ2n) is 6.14. The number of rotatable bonds is 3. The Hall–Kier alpha value is -0.610. The maximum Gasteiger partial charge on any atom is 0.309 e. The van der Waals surface area contributed by atoms with E-state index < -0.39 is 29.2 Å². The van der Waals surface area contributed by atoms with Gasteiger partial charge in [0.05, 0.1) is 23.2 Å². The SMILES string of the molecule is CC(C)[C@H](O)[C@@]1(C)CC[C@H](C(=O)O)C(C)(C)O1. The number of ether oxygens (including phenoxy) is 1. The maximum atomic E-state index is 11.1. The van der Waals surface area contributed by atoms with Crippen LogP contribution in [0.15, 0.2) is 0 Å². The van der Waals surface area contributed by atoms with E-state index in [2.05, 4.69) is 0 Å². The summed E-state index contributed by atoms with van der Waals surface area (Å²) in [5, 5.41) is 19.3. The summed E-state index contributed by atoms with van der Waals surface area (Å²) >= 11 is 0. The monoisotopic (exact) mass is 244 g/mol. The topological polar surface area (TPSA) is 66.8 Å². The summed E-state index contributed by atoms with van der Waals surface area (Å²) in [5.41, 5.74) is -1.39. The van der Waals surface area contributed by atoms with E-state index >= 15 is 0 Å². The summed E-state index contributed by atoms with van der Waals surface area (Å²) in [5.74, 6) is -1.23. The fourth-order valence-electron chi connectivity index (χ4n) is 2.84. The highest BCUT2D eigenvalue weighted by Gasteiger charge is 2.50. The van der Waals surface area contributed by atoms with Crippen LogP contribution in [-0.2, 0) is 9.53 Å². The molecule has 17 heavy (non-hydrogen) atoms. The first-order valence-corrected chi connectivity index (χ1v) is 6.21. The zero-order valence-corrected chi connectivity index (χ0v) is 11.4. The molecule has 1 aliphatic rings. The van der Waals surface area contributed by atoms with Crippen LogP contribution in [0.2, 0.25) is 0 Å². The summed E-state index contributed by atoms with van der Waals surface area (Å²) in [4.78, 5) is 11.1. The predicted molar refractivity (Wildman–Crippen MR) is 64.8 cm³/mol. The van der Waals surface area contributed by atoms with Gasteiger partial charge in [-0.1, -0.05) is 13.8 Å². The molecule has 0 aromatic rings. The van der Waals surface area contributed by atoms with E-state index in [1.807, 2.05) is 20.8 Å². The molecule has 0 unspecified atom stereocenters. The van der Waals surface area contributed by atoms with E-state index in [0.717, 1.165) is 0 Å². The Labute approximate surface area is 103 Å². The number of carboxylic acids is 1. The van der Waals surface area contributed by atoms with Crippen LogP contribution in [0.4, 0.5) is 0 Å². The fourth-order valence-corrected chi connectivity index (χ4v) is 2.84. The third-order valence-corrected chi connectivity index (χ3v) is 3.82. The van der Waals surface area contributed by atoms with Gasteiger partial charge in [0.15, 0.2) is 0 Å². The summed E-state index contributed by atoms with van der Waals surface area (Å²) < 4.78 is 5.93. The van der Waals surface area contributed by atoms with Gasteiger partial charge in [0.25, 0.3) is 0 Å². The molecule has 0 bridgehead atoms. The van der Waals surface area contributed by atoms with Gasteiger partial charge in [-0.3, -0.25) is 4.79 Å². The van der Waals surface area contributed by atoms with Crippen molar-refractivity contribution >= 4 is 5.97 Å². The quantitative estimate of drug-likeness (QED) is 0.797. The molecule has 0 radical (unpaired) electrons. The van der Waals surface area contributed by atoms with Gasteiger partial charge in [0.1, 0.15) is 0 Å². The van der Waals surface area contributed by atoms with E-state index in [0.29, 0.717) is 12.8 Å². The molecule has 1 heterocycles. The van der Waals surface area contributed by atoms with E-state index in [1.165, 1.54) is 0 Å². The van der Waals surface area contributed by atoms with Crippen LogP contribution in [0.5, 0.6) is 0 Å². The second-order valence-corrected chi connectivity index (χ2v) is 6.14. The van der Waals surface area contributed by atoms with E-state index in [-0.39, 0.29) is 5.92 Å². The van der Waals surface area contributed by atoms with Crippen molar-refractivity contribution in [3.8, 4) is 0 Å². The Kier molecular flexibility index (Phi) is 3.89. The Morgan fingerprint density at radius 2 is 1.88 bits per heavy atom. The van der Waals surface area contributed by atoms with Crippen LogP contribution >= 0.6 is 0 Å². The highest BCUT2D eigenvalue weighted by molar-refractivity contribution is 5.71. The van der Waals surface area contributed by atoms with Gasteiger partial charge >= 0.3 is 5.97 Å². The lowest BCUT2D eigenvalue weighted by Crippen LogP contribution is -2.57. The van der Waals surface area contributed by atoms with Crippen molar-refractivity contribution in [2.75, 3.05) is 0 Å². The Morgan fingerprint density at radius 3 is 2.24 bits per heavy atom. The minimum Gasteiger partial charge on any atom is -0.481 e. The lowest BCUT2D eigenvalue weighted by Gasteiger charge is -2.49. The number of aliphatic hydroxyl groups excluding tert-OH is 1. The molecule has 3 atom stereocenters. The van der Waals surface area contributed by atoms with Crippen molar-refractivity contribution in [3.63, 3.8) is 0 Å². The molecule has 0 aromatic carbocycles. The molecule has 1 aliphatic heterocycles. The van der Waals surface area contributed by atoms with Crippen LogP contribution in [0.1, 0.15) is 47.5 Å². The van der Waals surface area contributed by atoms with Gasteiger partial charge in [0.2, 0.25) is 0 Å². The highest BCUT2D eigenvalue weighted by Crippen LogP contribution is 2.42. The van der Waals surface area contributed by atoms with Crippen LogP contribution in [0.25, 0.3) is 0 Å². The molecular formula is C13H24O4. The molecular weight excluding hydrogens is 220 g/mol. The lowest BCUT2D eigenvalue weighted by molar-refractivity contribution is -0.238. The first kappa shape index (κ1) is 14.5. The fraction of sp³-hybridized carbons (Fsp3) is 0.923. The highest BCUT2D eigenvalue weighted by atomic mass is 16.5. The maximum absolute atomic E-state index is 11.1. The number of hydrogen-bond donors (Lipinski definition) is 2. The molecule has 0 spiro atoms. The molecule has 2 N–H and O–H groups in total. The predicted octanol–water partition coefficient (Wildman–Crippen LogP) is 2.05. The molecule has 100 valence electrons. The Balaban J connectivity index is 2.88. The number of hydrogen-bond acceptors (Lipinski definition) is 3. The van der Waals surface area contributed by atoms with Gasteiger partial charge in [-0.15, -0.1) is 0 Å². The van der Waals surface area contributed by atoms with Crippen LogP contribution < -0.4 is 0 Å². The first-order valence-electron chi connectivity index (χ1n) is 6.21. The second kappa shape index (κ2) is 4.58. The van der Waals surface area contributed by atoms with Crippen molar-refractivity contribution in [3.05, 3.63) is 0 Å². The van der Waals surface area contributed by atoms with E-state index in [1.54, 1.807) is 13.8 Å². The van der Waals surface area contributed by atoms with Crippen molar-refractivity contribution in [2.24, 2.45) is 11.8 Å². The zero-order valence-electron chi connectivity index (χ0n) is 11.4. The lowest BCUT2D eigenvalue weighted by atomic mass is 9.75. The van der Waals surface area contributed by atoms with Crippen LogP contribution in [0, 0.1) is 11.8 Å². The average Bonchev–Trinajstić information content (AvgIpc) is 2.13. The van der Waals surface area contributed by atoms with E-state index in [4.69, 9.17) is 9.84 Å². The molecule has 0 saturated carbocycles. The standard InChI is InChI=1S/C13H24O4/c1-8(2)10(14)13(5)7-6-9(11(15)16)12(3,4)17-13/h8-10,14H,6-7H2,1-5H3,(H,15,16)/t9-,10+,13-/m1/s1. The zero-order chi connectivity index (χ0) is 13.4. The Morgan fingerprint density at radius 1 is 1.35 bits per heavy atom. The third kappa shape index (κ3) is 2.80. The minimum absolute atomic E-state index is 0.0946. The number of carboxylic acid groups (broad SMARTS) is 1. The summed E-state index contributed by atoms with van der Waals surface area (Å²) in [7, 11) is 0. The molecule has 4 heteroatoms. The van der Waals surface area contributed by atoms with Crippen molar-refractivity contribution < 1.29 is 19.7 Å². The van der Waals surface area contributed by atoms with Crippen molar-refractivity contribution in [1.82, 2.24) is 0 Å². The van der Waals surface area contributed by atoms with Crippen LogP contribution in [0.3, 0.4) is 0 Å². The molecule has 1 saturated heterocycles. The Bertz CT molecular complexity index is 298. The minimum atomic E-state index is -0.823. The van der Waals surface area contributed by atoms with Crippen molar-refractivity contribution in [2.45, 2.75) is 64.8 Å². The molecule has 1 rings (SSSR count). The number of aliphatic carboxylic acids is 1. The largest absolute Gasteiger partial charge is 0.481 e. The molecule has 0 amide bonds. The van der Waals surface area contributed by atoms with Gasteiger partial charge in [-0.2, -0.15) is 0 Å². The molecule has 4 nitrogen and oxygen atoms in total. The smallest absolute Gasteiger partial charge is 0.309 e. The van der Waals surface area contributed by atoms with Gasteiger partial charge in [0, 0.05) is 0 Å². The van der Waals surface area contributed by atoms with E-state index in [9.17, 15) is 9.90 Å². The molecule has 1 fully saturated rings. The number of aliphatic hydroxyl groups is 1. The number of carbonyl (C=O) groups is 1. The van der Waals surface area contributed by atoms with Gasteiger partial charge in [-0.25, -0.2) is 0 Å². The third-order valence-electron chi connectivity index (χ3n) is 3.82. The summed E-state index contributed by atoms with van der Waals surface area (Å²) in [6.45, 7) is 9.33. The van der Waals surface area contributed by atoms with Gasteiger partial charge < -0.3 is 14.9 Å². The molecule has 0 aliphatic carbocycles. The van der Waals surface area contributed by atoms with Crippen LogP contribution in [-0.4, -0.2) is 33.5 Å². The summed E-state index contributed by atoms with van der Waals surface area (Å²) in [6, 6.07) is 0. The van der Waals surface area contributed by atoms with Crippen molar-refractivity contribution in [1.29, 1.82) is 0 Å². The summed E-state index contributed by atoms with van der Waals surface area (Å²) in [6.07, 6.45) is 0.548. The van der Waals surface area contributed by atoms with Gasteiger partial charge in [-0.05, 0) is 39.5 Å². The normalized spacial score (nSPS) is 34.6. The molecule has 0 aromatic heterocycles.